The third-order valence-corrected chi connectivity index (χ3v) is 4.24. The molecule has 3 unspecified atom stereocenters. The van der Waals surface area contributed by atoms with Gasteiger partial charge in [0.2, 0.25) is 0 Å². The van der Waals surface area contributed by atoms with Gasteiger partial charge in [0.25, 0.3) is 0 Å². The molecule has 2 N–H and O–H groups in total. The van der Waals surface area contributed by atoms with Gasteiger partial charge < -0.3 is 14.9 Å². The molecule has 0 saturated heterocycles. The topological polar surface area (TPSA) is 49.7 Å². The Morgan fingerprint density at radius 1 is 1.00 bits per heavy atom. The normalized spacial score (nSPS) is 15.0. The number of ether oxygens (including phenoxy) is 1. The summed E-state index contributed by atoms with van der Waals surface area (Å²) in [5.41, 5.74) is 2.34. The van der Waals surface area contributed by atoms with Gasteiger partial charge in [-0.1, -0.05) is 31.2 Å². The fraction of sp³-hybridized carbons (Fsp3) is 0.400. The lowest BCUT2D eigenvalue weighted by atomic mass is 9.87. The highest BCUT2D eigenvalue weighted by atomic mass is 16.5. The second-order valence-corrected chi connectivity index (χ2v) is 6.08. The first-order chi connectivity index (χ1) is 11.0. The molecule has 3 heteroatoms. The van der Waals surface area contributed by atoms with E-state index >= 15 is 0 Å². The van der Waals surface area contributed by atoms with Crippen LogP contribution in [0.3, 0.4) is 0 Å². The standard InChI is InChI=1S/C20H26O3/c1-4-16(13-20(22)15(3)21)19-11-10-18(12-14(19)2)23-17-8-6-5-7-9-17/h5-12,15-16,20-22H,4,13H2,1-3H3. The van der Waals surface area contributed by atoms with Crippen LogP contribution in [-0.4, -0.2) is 22.4 Å². The molecule has 2 aromatic rings. The summed E-state index contributed by atoms with van der Waals surface area (Å²) in [5.74, 6) is 1.85. The first-order valence-electron chi connectivity index (χ1n) is 8.20. The molecule has 2 aromatic carbocycles. The molecule has 3 atom stereocenters. The maximum Gasteiger partial charge on any atom is 0.127 e. The first-order valence-corrected chi connectivity index (χ1v) is 8.20. The smallest absolute Gasteiger partial charge is 0.127 e. The summed E-state index contributed by atoms with van der Waals surface area (Å²) in [4.78, 5) is 0. The van der Waals surface area contributed by atoms with Crippen molar-refractivity contribution in [2.75, 3.05) is 0 Å². The maximum absolute atomic E-state index is 9.95. The summed E-state index contributed by atoms with van der Waals surface area (Å²) in [6, 6.07) is 15.8. The molecule has 0 aliphatic heterocycles. The van der Waals surface area contributed by atoms with Crippen molar-refractivity contribution >= 4 is 0 Å². The van der Waals surface area contributed by atoms with E-state index < -0.39 is 12.2 Å². The molecular formula is C20H26O3. The number of rotatable bonds is 7. The Balaban J connectivity index is 2.14. The minimum Gasteiger partial charge on any atom is -0.457 e. The van der Waals surface area contributed by atoms with E-state index in [9.17, 15) is 10.2 Å². The van der Waals surface area contributed by atoms with Crippen LogP contribution < -0.4 is 4.74 Å². The molecule has 0 aliphatic rings. The predicted octanol–water partition coefficient (Wildman–Crippen LogP) is 4.41. The molecular weight excluding hydrogens is 288 g/mol. The van der Waals surface area contributed by atoms with E-state index in [0.717, 1.165) is 23.5 Å². The summed E-state index contributed by atoms with van der Waals surface area (Å²) in [7, 11) is 0. The monoisotopic (exact) mass is 314 g/mol. The van der Waals surface area contributed by atoms with Crippen LogP contribution in [0.4, 0.5) is 0 Å². The van der Waals surface area contributed by atoms with Gasteiger partial charge >= 0.3 is 0 Å². The van der Waals surface area contributed by atoms with Crippen molar-refractivity contribution in [2.45, 2.75) is 51.7 Å². The lowest BCUT2D eigenvalue weighted by Gasteiger charge is -2.23. The van der Waals surface area contributed by atoms with Gasteiger partial charge in [-0.15, -0.1) is 0 Å². The van der Waals surface area contributed by atoms with Gasteiger partial charge in [-0.25, -0.2) is 0 Å². The highest BCUT2D eigenvalue weighted by Crippen LogP contribution is 2.31. The fourth-order valence-electron chi connectivity index (χ4n) is 2.80. The van der Waals surface area contributed by atoms with E-state index in [0.29, 0.717) is 6.42 Å². The van der Waals surface area contributed by atoms with Crippen LogP contribution in [0.1, 0.15) is 43.7 Å². The van der Waals surface area contributed by atoms with Crippen molar-refractivity contribution in [1.29, 1.82) is 0 Å². The van der Waals surface area contributed by atoms with Crippen LogP contribution >= 0.6 is 0 Å². The molecule has 0 spiro atoms. The number of hydrogen-bond acceptors (Lipinski definition) is 3. The zero-order valence-corrected chi connectivity index (χ0v) is 14.1. The van der Waals surface area contributed by atoms with Gasteiger partial charge in [-0.3, -0.25) is 0 Å². The maximum atomic E-state index is 9.95. The molecule has 0 aliphatic carbocycles. The molecule has 0 aromatic heterocycles. The summed E-state index contributed by atoms with van der Waals surface area (Å²) >= 11 is 0. The highest BCUT2D eigenvalue weighted by molar-refractivity contribution is 5.39. The molecule has 3 nitrogen and oxygen atoms in total. The lowest BCUT2D eigenvalue weighted by molar-refractivity contribution is 0.0214. The van der Waals surface area contributed by atoms with Crippen molar-refractivity contribution in [3.8, 4) is 11.5 Å². The van der Waals surface area contributed by atoms with Crippen molar-refractivity contribution in [1.82, 2.24) is 0 Å². The van der Waals surface area contributed by atoms with Crippen molar-refractivity contribution in [3.63, 3.8) is 0 Å². The molecule has 2 rings (SSSR count). The molecule has 0 fully saturated rings. The number of aliphatic hydroxyl groups is 2. The van der Waals surface area contributed by atoms with Crippen LogP contribution in [0.25, 0.3) is 0 Å². The minimum atomic E-state index is -0.704. The summed E-state index contributed by atoms with van der Waals surface area (Å²) in [5, 5.41) is 19.5. The van der Waals surface area contributed by atoms with Crippen LogP contribution in [-0.2, 0) is 0 Å². The van der Waals surface area contributed by atoms with E-state index in [1.165, 1.54) is 5.56 Å². The Morgan fingerprint density at radius 3 is 2.26 bits per heavy atom. The van der Waals surface area contributed by atoms with Gasteiger partial charge in [0.05, 0.1) is 12.2 Å². The minimum absolute atomic E-state index is 0.227. The SMILES string of the molecule is CCC(CC(O)C(C)O)c1ccc(Oc2ccccc2)cc1C. The van der Waals surface area contributed by atoms with Crippen LogP contribution in [0, 0.1) is 6.92 Å². The van der Waals surface area contributed by atoms with Gasteiger partial charge in [-0.2, -0.15) is 0 Å². The summed E-state index contributed by atoms with van der Waals surface area (Å²) in [6.07, 6.45) is 0.0851. The first kappa shape index (κ1) is 17.5. The van der Waals surface area contributed by atoms with Crippen LogP contribution in [0.15, 0.2) is 48.5 Å². The number of aryl methyl sites for hydroxylation is 1. The molecule has 0 saturated carbocycles. The molecule has 0 bridgehead atoms. The Morgan fingerprint density at radius 2 is 1.70 bits per heavy atom. The Hall–Kier alpha value is -1.84. The third kappa shape index (κ3) is 4.81. The van der Waals surface area contributed by atoms with Crippen molar-refractivity contribution in [3.05, 3.63) is 59.7 Å². The number of aliphatic hydroxyl groups excluding tert-OH is 2. The molecule has 23 heavy (non-hydrogen) atoms. The molecule has 124 valence electrons. The van der Waals surface area contributed by atoms with E-state index in [1.807, 2.05) is 42.5 Å². The average molecular weight is 314 g/mol. The number of para-hydroxylation sites is 1. The quantitative estimate of drug-likeness (QED) is 0.795. The molecule has 0 heterocycles. The zero-order chi connectivity index (χ0) is 16.8. The predicted molar refractivity (Wildman–Crippen MR) is 93.0 cm³/mol. The van der Waals surface area contributed by atoms with Crippen molar-refractivity contribution in [2.24, 2.45) is 0 Å². The molecule has 0 radical (unpaired) electrons. The van der Waals surface area contributed by atoms with Gasteiger partial charge in [0, 0.05) is 0 Å². The van der Waals surface area contributed by atoms with E-state index in [-0.39, 0.29) is 5.92 Å². The molecule has 0 amide bonds. The Bertz CT molecular complexity index is 608. The Labute approximate surface area is 138 Å². The lowest BCUT2D eigenvalue weighted by Crippen LogP contribution is -2.24. The average Bonchev–Trinajstić information content (AvgIpc) is 2.54. The largest absolute Gasteiger partial charge is 0.457 e. The third-order valence-electron chi connectivity index (χ3n) is 4.24. The van der Waals surface area contributed by atoms with Gasteiger partial charge in [0.1, 0.15) is 11.5 Å². The summed E-state index contributed by atoms with van der Waals surface area (Å²) in [6.45, 7) is 5.79. The highest BCUT2D eigenvalue weighted by Gasteiger charge is 2.20. The van der Waals surface area contributed by atoms with Gasteiger partial charge in [-0.05, 0) is 68.0 Å². The number of benzene rings is 2. The van der Waals surface area contributed by atoms with Crippen molar-refractivity contribution < 1.29 is 14.9 Å². The van der Waals surface area contributed by atoms with E-state index in [2.05, 4.69) is 19.9 Å². The Kier molecular flexibility index (Phi) is 6.20. The fourth-order valence-corrected chi connectivity index (χ4v) is 2.80. The van der Waals surface area contributed by atoms with Crippen LogP contribution in [0.2, 0.25) is 0 Å². The second-order valence-electron chi connectivity index (χ2n) is 6.08. The second kappa shape index (κ2) is 8.14. The van der Waals surface area contributed by atoms with Crippen LogP contribution in [0.5, 0.6) is 11.5 Å². The number of hydrogen-bond donors (Lipinski definition) is 2. The van der Waals surface area contributed by atoms with E-state index in [1.54, 1.807) is 6.92 Å². The van der Waals surface area contributed by atoms with Gasteiger partial charge in [0.15, 0.2) is 0 Å². The van der Waals surface area contributed by atoms with E-state index in [4.69, 9.17) is 4.74 Å². The summed E-state index contributed by atoms with van der Waals surface area (Å²) < 4.78 is 5.86. The zero-order valence-electron chi connectivity index (χ0n) is 14.1.